The van der Waals surface area contributed by atoms with Gasteiger partial charge in [0, 0.05) is 55.5 Å². The highest BCUT2D eigenvalue weighted by Crippen LogP contribution is 2.42. The van der Waals surface area contributed by atoms with Crippen LogP contribution in [0.25, 0.3) is 11.1 Å². The molecule has 0 aromatic heterocycles. The van der Waals surface area contributed by atoms with Gasteiger partial charge in [-0.25, -0.2) is 4.79 Å². The summed E-state index contributed by atoms with van der Waals surface area (Å²) in [5, 5.41) is 0. The fourth-order valence-corrected chi connectivity index (χ4v) is 7.52. The molecule has 0 saturated heterocycles. The van der Waals surface area contributed by atoms with Gasteiger partial charge in [-0.2, -0.15) is 0 Å². The number of methoxy groups -OCH3 is 3. The molecule has 4 aliphatic heterocycles. The summed E-state index contributed by atoms with van der Waals surface area (Å²) >= 11 is 0. The van der Waals surface area contributed by atoms with Crippen molar-refractivity contribution in [1.29, 1.82) is 0 Å². The topological polar surface area (TPSA) is 155 Å². The third kappa shape index (κ3) is 7.50. The molecule has 0 radical (unpaired) electrons. The van der Waals surface area contributed by atoms with Crippen LogP contribution in [0.1, 0.15) is 74.3 Å². The molecule has 2 N–H and O–H groups in total. The van der Waals surface area contributed by atoms with E-state index in [1.165, 1.54) is 7.11 Å². The Kier molecular flexibility index (Phi) is 10.7. The first-order valence-electron chi connectivity index (χ1n) is 19.1. The number of carbonyl (C=O) groups is 3. The number of amides is 2. The smallest absolute Gasteiger partial charge is 0.337 e. The van der Waals surface area contributed by atoms with Gasteiger partial charge in [0.25, 0.3) is 11.8 Å². The molecular formula is C45H43N5O8. The highest BCUT2D eigenvalue weighted by Gasteiger charge is 2.35. The second kappa shape index (κ2) is 16.3. The van der Waals surface area contributed by atoms with E-state index >= 15 is 0 Å². The van der Waals surface area contributed by atoms with E-state index in [4.69, 9.17) is 39.4 Å². The van der Waals surface area contributed by atoms with E-state index in [9.17, 15) is 14.4 Å². The third-order valence-electron chi connectivity index (χ3n) is 10.7. The lowest BCUT2D eigenvalue weighted by atomic mass is 10.0. The summed E-state index contributed by atoms with van der Waals surface area (Å²) in [5.41, 5.74) is 12.9. The molecule has 4 aromatic carbocycles. The Morgan fingerprint density at radius 2 is 1.12 bits per heavy atom. The largest absolute Gasteiger partial charge is 0.493 e. The molecule has 4 aliphatic rings. The maximum atomic E-state index is 13.8. The average Bonchev–Trinajstić information content (AvgIpc) is 3.83. The summed E-state index contributed by atoms with van der Waals surface area (Å²) in [7, 11) is 4.45. The Hall–Kier alpha value is -6.89. The number of anilines is 1. The zero-order valence-electron chi connectivity index (χ0n) is 32.5. The second-order valence-electron chi connectivity index (χ2n) is 14.3. The van der Waals surface area contributed by atoms with Crippen molar-refractivity contribution in [3.8, 4) is 23.0 Å². The first kappa shape index (κ1) is 38.0. The van der Waals surface area contributed by atoms with Crippen LogP contribution in [0.5, 0.6) is 23.0 Å². The second-order valence-corrected chi connectivity index (χ2v) is 14.3. The summed E-state index contributed by atoms with van der Waals surface area (Å²) in [6.45, 7) is 0.856. The number of fused-ring (bicyclic) bond motifs is 4. The monoisotopic (exact) mass is 781 g/mol. The first-order chi connectivity index (χ1) is 28.2. The number of hydrogen-bond donors (Lipinski definition) is 1. The van der Waals surface area contributed by atoms with Gasteiger partial charge in [0.1, 0.15) is 0 Å². The molecule has 0 bridgehead atoms. The van der Waals surface area contributed by atoms with E-state index in [2.05, 4.69) is 0 Å². The lowest BCUT2D eigenvalue weighted by Gasteiger charge is -2.19. The third-order valence-corrected chi connectivity index (χ3v) is 10.7. The molecule has 58 heavy (non-hydrogen) atoms. The lowest BCUT2D eigenvalue weighted by molar-refractivity contribution is 0.0600. The van der Waals surface area contributed by atoms with Crippen LogP contribution in [0.4, 0.5) is 17.1 Å². The molecule has 0 spiro atoms. The van der Waals surface area contributed by atoms with Gasteiger partial charge in [0.05, 0.1) is 74.7 Å². The van der Waals surface area contributed by atoms with E-state index < -0.39 is 5.97 Å². The van der Waals surface area contributed by atoms with Gasteiger partial charge >= 0.3 is 5.97 Å². The number of esters is 1. The van der Waals surface area contributed by atoms with Gasteiger partial charge in [0.2, 0.25) is 0 Å². The van der Waals surface area contributed by atoms with Crippen LogP contribution in [0.2, 0.25) is 0 Å². The van der Waals surface area contributed by atoms with Crippen LogP contribution in [0.3, 0.4) is 0 Å². The van der Waals surface area contributed by atoms with E-state index in [-0.39, 0.29) is 23.9 Å². The molecule has 13 nitrogen and oxygen atoms in total. The van der Waals surface area contributed by atoms with Crippen LogP contribution in [0, 0.1) is 0 Å². The minimum atomic E-state index is -0.400. The number of aliphatic imine (C=N–C) groups is 2. The predicted molar refractivity (Wildman–Crippen MR) is 221 cm³/mol. The maximum Gasteiger partial charge on any atom is 0.337 e. The van der Waals surface area contributed by atoms with Gasteiger partial charge in [-0.05, 0) is 77.9 Å². The highest BCUT2D eigenvalue weighted by atomic mass is 16.5. The number of nitrogens with two attached hydrogens (primary N) is 1. The SMILES string of the molecule is COC(=O)c1ccc(C2=CN3C(=O)c4cc(OC)c(OCCCCCOc5cc6c(cc5OC)C(=O)N5C=C(c7ccc(N)cc7)CC5C=N6)cc4N=C[C@@H]3C2)cc1. The predicted octanol–water partition coefficient (Wildman–Crippen LogP) is 7.64. The molecule has 4 heterocycles. The van der Waals surface area contributed by atoms with Crippen LogP contribution >= 0.6 is 0 Å². The van der Waals surface area contributed by atoms with Crippen molar-refractivity contribution in [2.24, 2.45) is 9.98 Å². The fourth-order valence-electron chi connectivity index (χ4n) is 7.52. The molecule has 1 unspecified atom stereocenters. The van der Waals surface area contributed by atoms with E-state index in [0.717, 1.165) is 41.5 Å². The van der Waals surface area contributed by atoms with E-state index in [1.54, 1.807) is 66.6 Å². The zero-order chi connectivity index (χ0) is 40.3. The Bertz CT molecular complexity index is 2390. The Morgan fingerprint density at radius 1 is 0.655 bits per heavy atom. The van der Waals surface area contributed by atoms with Crippen LogP contribution in [0.15, 0.2) is 95.2 Å². The first-order valence-corrected chi connectivity index (χ1v) is 19.1. The maximum absolute atomic E-state index is 13.8. The number of hydrogen-bond acceptors (Lipinski definition) is 11. The quantitative estimate of drug-likeness (QED) is 0.0819. The standard InChI is InChI=1S/C45H43N5O8/c1-54-39-19-35-37(47-23-33-17-30(25-49(33)43(35)51)27-7-9-29(10-8-27)45(53)56-3)21-41(39)57-15-5-4-6-16-58-42-22-38-36(20-40(42)55-2)44(52)50-26-31(18-34(50)24-48-38)28-11-13-32(46)14-12-28/h7-14,19-26,33-34H,4-6,15-18,46H2,1-3H3/t33-,34?/m0/s1. The Balaban J connectivity index is 0.846. The summed E-state index contributed by atoms with van der Waals surface area (Å²) in [6.07, 6.45) is 10.9. The van der Waals surface area contributed by atoms with Crippen molar-refractivity contribution < 1.29 is 38.1 Å². The molecule has 0 saturated carbocycles. The Labute approximate surface area is 336 Å². The number of ether oxygens (including phenoxy) is 5. The van der Waals surface area contributed by atoms with Crippen LogP contribution in [-0.2, 0) is 4.74 Å². The summed E-state index contributed by atoms with van der Waals surface area (Å²) in [5.74, 6) is 1.21. The molecule has 0 aliphatic carbocycles. The fraction of sp³-hybridized carbons (Fsp3) is 0.267. The van der Waals surface area contributed by atoms with Crippen molar-refractivity contribution in [3.63, 3.8) is 0 Å². The average molecular weight is 782 g/mol. The van der Waals surface area contributed by atoms with Crippen LogP contribution in [-0.4, -0.2) is 86.6 Å². The molecule has 8 rings (SSSR count). The molecule has 13 heteroatoms. The minimum Gasteiger partial charge on any atom is -0.493 e. The molecule has 4 aromatic rings. The van der Waals surface area contributed by atoms with Crippen molar-refractivity contribution in [3.05, 3.63) is 113 Å². The highest BCUT2D eigenvalue weighted by molar-refractivity contribution is 6.06. The van der Waals surface area contributed by atoms with Crippen molar-refractivity contribution in [1.82, 2.24) is 9.80 Å². The number of rotatable bonds is 13. The molecule has 296 valence electrons. The van der Waals surface area contributed by atoms with Gasteiger partial charge in [-0.1, -0.05) is 24.3 Å². The summed E-state index contributed by atoms with van der Waals surface area (Å²) < 4.78 is 28.3. The molecule has 0 fully saturated rings. The molecule has 2 atom stereocenters. The molecular weight excluding hydrogens is 739 g/mol. The van der Waals surface area contributed by atoms with Gasteiger partial charge in [0.15, 0.2) is 23.0 Å². The van der Waals surface area contributed by atoms with E-state index in [1.807, 2.05) is 55.0 Å². The normalized spacial score (nSPS) is 17.6. The minimum absolute atomic E-state index is 0.147. The number of benzene rings is 4. The number of carbonyl (C=O) groups excluding carboxylic acids is 3. The van der Waals surface area contributed by atoms with E-state index in [0.29, 0.717) is 82.8 Å². The van der Waals surface area contributed by atoms with Gasteiger partial charge in [-0.15, -0.1) is 0 Å². The molecule has 2 amide bonds. The summed E-state index contributed by atoms with van der Waals surface area (Å²) in [6, 6.07) is 21.2. The van der Waals surface area contributed by atoms with Crippen LogP contribution < -0.4 is 24.7 Å². The van der Waals surface area contributed by atoms with Crippen molar-refractivity contribution >= 4 is 58.4 Å². The van der Waals surface area contributed by atoms with Gasteiger partial charge < -0.3 is 39.2 Å². The number of nitrogens with zero attached hydrogens (tertiary/aromatic N) is 4. The zero-order valence-corrected chi connectivity index (χ0v) is 32.5. The summed E-state index contributed by atoms with van der Waals surface area (Å²) in [4.78, 5) is 52.1. The van der Waals surface area contributed by atoms with Crippen molar-refractivity contribution in [2.75, 3.05) is 40.3 Å². The lowest BCUT2D eigenvalue weighted by Crippen LogP contribution is -2.32. The number of nitrogen functional groups attached to an aromatic ring is 1. The van der Waals surface area contributed by atoms with Gasteiger partial charge in [-0.3, -0.25) is 19.6 Å². The van der Waals surface area contributed by atoms with Crippen molar-refractivity contribution in [2.45, 2.75) is 44.2 Å². The number of unbranched alkanes of at least 4 members (excludes halogenated alkanes) is 2. The Morgan fingerprint density at radius 3 is 1.57 bits per heavy atom.